The van der Waals surface area contributed by atoms with Crippen molar-refractivity contribution in [2.24, 2.45) is 0 Å². The number of sulfonamides is 1. The molecule has 0 saturated carbocycles. The number of nitrogens with one attached hydrogen (secondary N) is 1. The molecule has 0 fully saturated rings. The molecular weight excluding hydrogens is 510 g/mol. The number of carbonyl (C=O) groups is 2. The van der Waals surface area contributed by atoms with E-state index in [0.29, 0.717) is 16.3 Å². The van der Waals surface area contributed by atoms with Crippen molar-refractivity contribution in [3.8, 4) is 0 Å². The van der Waals surface area contributed by atoms with E-state index in [1.807, 2.05) is 26.8 Å². The number of carbonyl (C=O) groups excluding carboxylic acids is 2. The fraction of sp³-hybridized carbons (Fsp3) is 0.286. The number of hydrogen-bond donors (Lipinski definition) is 1. The number of benzene rings is 3. The summed E-state index contributed by atoms with van der Waals surface area (Å²) in [5.41, 5.74) is 3.59. The third kappa shape index (κ3) is 6.32. The zero-order chi connectivity index (χ0) is 27.3. The van der Waals surface area contributed by atoms with Crippen molar-refractivity contribution >= 4 is 39.1 Å². The summed E-state index contributed by atoms with van der Waals surface area (Å²) in [7, 11) is -2.62. The van der Waals surface area contributed by atoms with E-state index in [1.54, 1.807) is 55.5 Å². The Morgan fingerprint density at radius 1 is 0.946 bits per heavy atom. The maximum absolute atomic E-state index is 13.9. The molecule has 0 saturated heterocycles. The van der Waals surface area contributed by atoms with Crippen LogP contribution in [-0.2, 0) is 26.2 Å². The fourth-order valence-electron chi connectivity index (χ4n) is 3.96. The Hall–Kier alpha value is -3.36. The lowest BCUT2D eigenvalue weighted by Crippen LogP contribution is -2.50. The molecule has 0 aliphatic rings. The van der Waals surface area contributed by atoms with Gasteiger partial charge in [0.15, 0.2) is 0 Å². The molecule has 3 aromatic rings. The number of halogens is 1. The Labute approximate surface area is 224 Å². The molecule has 2 amide bonds. The predicted octanol–water partition coefficient (Wildman–Crippen LogP) is 4.62. The third-order valence-corrected chi connectivity index (χ3v) is 8.59. The van der Waals surface area contributed by atoms with Crippen LogP contribution < -0.4 is 9.62 Å². The smallest absolute Gasteiger partial charge is 0.264 e. The summed E-state index contributed by atoms with van der Waals surface area (Å²) >= 11 is 6.35. The molecule has 9 heteroatoms. The highest BCUT2D eigenvalue weighted by Gasteiger charge is 2.33. The normalized spacial score (nSPS) is 12.1. The monoisotopic (exact) mass is 541 g/mol. The van der Waals surface area contributed by atoms with Gasteiger partial charge in [0.05, 0.1) is 10.6 Å². The molecule has 196 valence electrons. The molecule has 1 unspecified atom stereocenters. The number of amides is 2. The lowest BCUT2D eigenvalue weighted by atomic mass is 10.1. The van der Waals surface area contributed by atoms with Crippen LogP contribution in [0.15, 0.2) is 71.6 Å². The first-order valence-corrected chi connectivity index (χ1v) is 13.7. The van der Waals surface area contributed by atoms with Crippen molar-refractivity contribution < 1.29 is 18.0 Å². The number of aryl methyl sites for hydroxylation is 2. The van der Waals surface area contributed by atoms with Crippen molar-refractivity contribution in [2.45, 2.75) is 45.2 Å². The topological polar surface area (TPSA) is 86.8 Å². The summed E-state index contributed by atoms with van der Waals surface area (Å²) in [5, 5.41) is 3.01. The average molecular weight is 542 g/mol. The summed E-state index contributed by atoms with van der Waals surface area (Å²) < 4.78 is 28.9. The summed E-state index contributed by atoms with van der Waals surface area (Å²) in [5.74, 6) is -0.910. The molecule has 0 spiro atoms. The van der Waals surface area contributed by atoms with Gasteiger partial charge in [0.1, 0.15) is 12.6 Å². The van der Waals surface area contributed by atoms with Crippen LogP contribution in [0.25, 0.3) is 0 Å². The minimum atomic E-state index is -4.11. The Balaban J connectivity index is 2.09. The highest BCUT2D eigenvalue weighted by atomic mass is 35.5. The van der Waals surface area contributed by atoms with E-state index in [-0.39, 0.29) is 17.3 Å². The first kappa shape index (κ1) is 28.2. The van der Waals surface area contributed by atoms with Crippen molar-refractivity contribution in [3.05, 3.63) is 94.0 Å². The van der Waals surface area contributed by atoms with Crippen LogP contribution in [0.3, 0.4) is 0 Å². The van der Waals surface area contributed by atoms with E-state index < -0.39 is 28.5 Å². The minimum absolute atomic E-state index is 0.0400. The summed E-state index contributed by atoms with van der Waals surface area (Å²) in [6.45, 7) is 6.72. The van der Waals surface area contributed by atoms with E-state index in [2.05, 4.69) is 5.32 Å². The maximum Gasteiger partial charge on any atom is 0.264 e. The van der Waals surface area contributed by atoms with Gasteiger partial charge in [-0.25, -0.2) is 8.42 Å². The summed E-state index contributed by atoms with van der Waals surface area (Å²) in [6, 6.07) is 18.0. The van der Waals surface area contributed by atoms with Crippen LogP contribution >= 0.6 is 11.6 Å². The van der Waals surface area contributed by atoms with E-state index >= 15 is 0 Å². The van der Waals surface area contributed by atoms with Gasteiger partial charge in [0, 0.05) is 18.6 Å². The van der Waals surface area contributed by atoms with Gasteiger partial charge in [-0.15, -0.1) is 0 Å². The predicted molar refractivity (Wildman–Crippen MR) is 147 cm³/mol. The lowest BCUT2D eigenvalue weighted by Gasteiger charge is -2.32. The Bertz CT molecular complexity index is 1390. The van der Waals surface area contributed by atoms with E-state index in [0.717, 1.165) is 21.0 Å². The van der Waals surface area contributed by atoms with Crippen molar-refractivity contribution in [3.63, 3.8) is 0 Å². The standard InChI is InChI=1S/C28H32ClN3O4S/c1-19-13-15-24(16-14-19)37(35,36)32(26-12-8-9-20(2)21(26)3)18-27(33)31(22(4)28(34)30-5)17-23-10-6-7-11-25(23)29/h6-16,22H,17-18H2,1-5H3,(H,30,34). The molecule has 0 aliphatic heterocycles. The fourth-order valence-corrected chi connectivity index (χ4v) is 5.63. The van der Waals surface area contributed by atoms with Gasteiger partial charge in [0.25, 0.3) is 10.0 Å². The highest BCUT2D eigenvalue weighted by Crippen LogP contribution is 2.29. The summed E-state index contributed by atoms with van der Waals surface area (Å²) in [6.07, 6.45) is 0. The number of likely N-dealkylation sites (N-methyl/N-ethyl adjacent to an activating group) is 1. The molecule has 0 radical (unpaired) electrons. The zero-order valence-corrected chi connectivity index (χ0v) is 23.2. The Kier molecular flexibility index (Phi) is 8.99. The van der Waals surface area contributed by atoms with Gasteiger partial charge in [-0.3, -0.25) is 13.9 Å². The molecule has 3 aromatic carbocycles. The summed E-state index contributed by atoms with van der Waals surface area (Å²) in [4.78, 5) is 27.8. The first-order chi connectivity index (χ1) is 17.5. The van der Waals surface area contributed by atoms with Gasteiger partial charge >= 0.3 is 0 Å². The molecule has 1 atom stereocenters. The molecule has 1 N–H and O–H groups in total. The minimum Gasteiger partial charge on any atom is -0.357 e. The second-order valence-electron chi connectivity index (χ2n) is 8.95. The Morgan fingerprint density at radius 3 is 2.22 bits per heavy atom. The molecular formula is C28H32ClN3O4S. The van der Waals surface area contributed by atoms with Crippen LogP contribution in [0.1, 0.15) is 29.2 Å². The van der Waals surface area contributed by atoms with Gasteiger partial charge in [-0.05, 0) is 68.7 Å². The second kappa shape index (κ2) is 11.8. The maximum atomic E-state index is 13.9. The largest absolute Gasteiger partial charge is 0.357 e. The number of nitrogens with zero attached hydrogens (tertiary/aromatic N) is 2. The molecule has 37 heavy (non-hydrogen) atoms. The van der Waals surface area contributed by atoms with Crippen LogP contribution in [-0.4, -0.2) is 44.8 Å². The second-order valence-corrected chi connectivity index (χ2v) is 11.2. The molecule has 0 bridgehead atoms. The Morgan fingerprint density at radius 2 is 1.59 bits per heavy atom. The van der Waals surface area contributed by atoms with Gasteiger partial charge in [-0.2, -0.15) is 0 Å². The van der Waals surface area contributed by atoms with Crippen LogP contribution in [0.5, 0.6) is 0 Å². The zero-order valence-electron chi connectivity index (χ0n) is 21.7. The SMILES string of the molecule is CNC(=O)C(C)N(Cc1ccccc1Cl)C(=O)CN(c1cccc(C)c1C)S(=O)(=O)c1ccc(C)cc1. The highest BCUT2D eigenvalue weighted by molar-refractivity contribution is 7.92. The lowest BCUT2D eigenvalue weighted by molar-refractivity contribution is -0.139. The molecule has 3 rings (SSSR count). The molecule has 0 aromatic heterocycles. The number of anilines is 1. The molecule has 7 nitrogen and oxygen atoms in total. The van der Waals surface area contributed by atoms with Gasteiger partial charge < -0.3 is 10.2 Å². The van der Waals surface area contributed by atoms with Crippen molar-refractivity contribution in [1.82, 2.24) is 10.2 Å². The third-order valence-electron chi connectivity index (χ3n) is 6.44. The van der Waals surface area contributed by atoms with E-state index in [9.17, 15) is 18.0 Å². The van der Waals surface area contributed by atoms with Crippen LogP contribution in [0.4, 0.5) is 5.69 Å². The van der Waals surface area contributed by atoms with E-state index in [4.69, 9.17) is 11.6 Å². The first-order valence-electron chi connectivity index (χ1n) is 11.9. The van der Waals surface area contributed by atoms with Gasteiger partial charge in [-0.1, -0.05) is 59.6 Å². The van der Waals surface area contributed by atoms with Crippen LogP contribution in [0.2, 0.25) is 5.02 Å². The molecule has 0 heterocycles. The van der Waals surface area contributed by atoms with E-state index in [1.165, 1.54) is 24.1 Å². The van der Waals surface area contributed by atoms with Gasteiger partial charge in [0.2, 0.25) is 11.8 Å². The molecule has 0 aliphatic carbocycles. The number of rotatable bonds is 9. The van der Waals surface area contributed by atoms with Crippen LogP contribution in [0, 0.1) is 20.8 Å². The quantitative estimate of drug-likeness (QED) is 0.428. The number of hydrogen-bond acceptors (Lipinski definition) is 4. The van der Waals surface area contributed by atoms with Crippen molar-refractivity contribution in [1.29, 1.82) is 0 Å². The van der Waals surface area contributed by atoms with Crippen molar-refractivity contribution in [2.75, 3.05) is 17.9 Å². The average Bonchev–Trinajstić information content (AvgIpc) is 2.87.